The van der Waals surface area contributed by atoms with Crippen LogP contribution in [-0.2, 0) is 9.59 Å². The van der Waals surface area contributed by atoms with Gasteiger partial charge in [0.2, 0.25) is 11.8 Å². The summed E-state index contributed by atoms with van der Waals surface area (Å²) in [5.41, 5.74) is 0.0729. The second kappa shape index (κ2) is 5.67. The molecule has 1 spiro atoms. The van der Waals surface area contributed by atoms with Gasteiger partial charge in [-0.3, -0.25) is 9.59 Å². The minimum Gasteiger partial charge on any atom is -0.450 e. The van der Waals surface area contributed by atoms with Crippen molar-refractivity contribution in [2.75, 3.05) is 19.6 Å². The lowest BCUT2D eigenvalue weighted by molar-refractivity contribution is -0.128. The number of carbonyl (C=O) groups is 2. The fourth-order valence-electron chi connectivity index (χ4n) is 2.98. The molecule has 0 aromatic carbocycles. The molecule has 21 heavy (non-hydrogen) atoms. The van der Waals surface area contributed by atoms with Crippen molar-refractivity contribution in [2.45, 2.75) is 19.3 Å². The molecule has 112 valence electrons. The molecule has 2 aliphatic heterocycles. The van der Waals surface area contributed by atoms with Crippen molar-refractivity contribution in [3.05, 3.63) is 28.6 Å². The summed E-state index contributed by atoms with van der Waals surface area (Å²) in [6.45, 7) is 2.17. The molecule has 0 atom stereocenters. The standard InChI is InChI=1S/C15H17BrN2O3/c16-12-3-1-11(21-12)2-4-14(20)18-7-5-15(6-8-18)9-13(19)17-10-15/h1-4H,5-10H2,(H,17,19). The zero-order valence-corrected chi connectivity index (χ0v) is 13.2. The third-order valence-corrected chi connectivity index (χ3v) is 4.74. The number of hydrogen-bond acceptors (Lipinski definition) is 3. The van der Waals surface area contributed by atoms with E-state index in [1.54, 1.807) is 24.3 Å². The Balaban J connectivity index is 1.55. The fourth-order valence-corrected chi connectivity index (χ4v) is 3.30. The van der Waals surface area contributed by atoms with E-state index in [2.05, 4.69) is 21.2 Å². The molecule has 2 aliphatic rings. The lowest BCUT2D eigenvalue weighted by Crippen LogP contribution is -2.43. The minimum absolute atomic E-state index is 0.00495. The lowest BCUT2D eigenvalue weighted by Gasteiger charge is -2.37. The second-order valence-electron chi connectivity index (χ2n) is 5.75. The van der Waals surface area contributed by atoms with Crippen LogP contribution in [0.15, 0.2) is 27.3 Å². The van der Waals surface area contributed by atoms with Gasteiger partial charge < -0.3 is 14.6 Å². The molecule has 1 aromatic heterocycles. The van der Waals surface area contributed by atoms with Gasteiger partial charge in [-0.2, -0.15) is 0 Å². The molecule has 2 amide bonds. The molecule has 2 fully saturated rings. The monoisotopic (exact) mass is 352 g/mol. The van der Waals surface area contributed by atoms with Crippen LogP contribution in [0.4, 0.5) is 0 Å². The van der Waals surface area contributed by atoms with E-state index in [1.807, 2.05) is 4.90 Å². The third kappa shape index (κ3) is 3.20. The van der Waals surface area contributed by atoms with Crippen LogP contribution >= 0.6 is 15.9 Å². The van der Waals surface area contributed by atoms with E-state index in [0.717, 1.165) is 19.4 Å². The summed E-state index contributed by atoms with van der Waals surface area (Å²) in [6, 6.07) is 3.59. The Kier molecular flexibility index (Phi) is 3.89. The minimum atomic E-state index is -0.00495. The van der Waals surface area contributed by atoms with E-state index in [0.29, 0.717) is 29.9 Å². The number of hydrogen-bond donors (Lipinski definition) is 1. The van der Waals surface area contributed by atoms with Crippen molar-refractivity contribution in [3.8, 4) is 0 Å². The Labute approximate surface area is 131 Å². The van der Waals surface area contributed by atoms with Crippen molar-refractivity contribution in [3.63, 3.8) is 0 Å². The number of amides is 2. The summed E-state index contributed by atoms with van der Waals surface area (Å²) in [6.07, 6.45) is 5.60. The smallest absolute Gasteiger partial charge is 0.246 e. The van der Waals surface area contributed by atoms with Crippen LogP contribution in [-0.4, -0.2) is 36.3 Å². The number of furan rings is 1. The normalized spacial score (nSPS) is 21.2. The summed E-state index contributed by atoms with van der Waals surface area (Å²) in [4.78, 5) is 25.4. The molecule has 0 unspecified atom stereocenters. The number of rotatable bonds is 2. The zero-order valence-electron chi connectivity index (χ0n) is 11.6. The molecule has 2 saturated heterocycles. The van der Waals surface area contributed by atoms with Crippen LogP contribution in [0.5, 0.6) is 0 Å². The van der Waals surface area contributed by atoms with E-state index in [1.165, 1.54) is 0 Å². The van der Waals surface area contributed by atoms with Gasteiger partial charge in [0, 0.05) is 32.1 Å². The highest BCUT2D eigenvalue weighted by molar-refractivity contribution is 9.10. The molecule has 0 aliphatic carbocycles. The molecule has 6 heteroatoms. The van der Waals surface area contributed by atoms with E-state index in [4.69, 9.17) is 4.42 Å². The highest BCUT2D eigenvalue weighted by Crippen LogP contribution is 2.37. The summed E-state index contributed by atoms with van der Waals surface area (Å²) in [7, 11) is 0. The maximum Gasteiger partial charge on any atom is 0.246 e. The molecule has 1 aromatic rings. The molecule has 3 heterocycles. The first kappa shape index (κ1) is 14.4. The van der Waals surface area contributed by atoms with Crippen LogP contribution in [0.2, 0.25) is 0 Å². The first-order valence-corrected chi connectivity index (χ1v) is 7.85. The van der Waals surface area contributed by atoms with Crippen LogP contribution in [0, 0.1) is 5.41 Å². The molecule has 3 rings (SSSR count). The maximum absolute atomic E-state index is 12.1. The van der Waals surface area contributed by atoms with Crippen LogP contribution in [0.25, 0.3) is 6.08 Å². The number of halogens is 1. The largest absolute Gasteiger partial charge is 0.450 e. The first-order chi connectivity index (χ1) is 10.1. The van der Waals surface area contributed by atoms with Gasteiger partial charge in [-0.15, -0.1) is 0 Å². The quantitative estimate of drug-likeness (QED) is 0.829. The van der Waals surface area contributed by atoms with Gasteiger partial charge in [0.15, 0.2) is 4.67 Å². The van der Waals surface area contributed by atoms with Crippen LogP contribution < -0.4 is 5.32 Å². The van der Waals surface area contributed by atoms with Crippen molar-refractivity contribution >= 4 is 33.8 Å². The van der Waals surface area contributed by atoms with E-state index >= 15 is 0 Å². The second-order valence-corrected chi connectivity index (χ2v) is 6.54. The van der Waals surface area contributed by atoms with Gasteiger partial charge >= 0.3 is 0 Å². The Hall–Kier alpha value is -1.56. The van der Waals surface area contributed by atoms with E-state index < -0.39 is 0 Å². The van der Waals surface area contributed by atoms with Gasteiger partial charge in [-0.25, -0.2) is 0 Å². The zero-order chi connectivity index (χ0) is 14.9. The SMILES string of the molecule is O=C1CC2(CCN(C(=O)C=Cc3ccc(Br)o3)CC2)CN1. The van der Waals surface area contributed by atoms with Crippen LogP contribution in [0.1, 0.15) is 25.0 Å². The molecular weight excluding hydrogens is 336 g/mol. The average Bonchev–Trinajstić information content (AvgIpc) is 3.04. The number of nitrogens with zero attached hydrogens (tertiary/aromatic N) is 1. The van der Waals surface area contributed by atoms with Gasteiger partial charge in [0.05, 0.1) is 0 Å². The molecule has 0 bridgehead atoms. The predicted octanol–water partition coefficient (Wildman–Crippen LogP) is 2.18. The summed E-state index contributed by atoms with van der Waals surface area (Å²) in [5.74, 6) is 0.780. The molecule has 5 nitrogen and oxygen atoms in total. The fraction of sp³-hybridized carbons (Fsp3) is 0.467. The maximum atomic E-state index is 12.1. The Bertz CT molecular complexity index is 585. The number of carbonyl (C=O) groups excluding carboxylic acids is 2. The molecular formula is C15H17BrN2O3. The highest BCUT2D eigenvalue weighted by atomic mass is 79.9. The van der Waals surface area contributed by atoms with Crippen molar-refractivity contribution in [1.82, 2.24) is 10.2 Å². The van der Waals surface area contributed by atoms with Gasteiger partial charge in [0.25, 0.3) is 0 Å². The summed E-state index contributed by atoms with van der Waals surface area (Å²) < 4.78 is 5.97. The van der Waals surface area contributed by atoms with Gasteiger partial charge in [-0.05, 0) is 52.4 Å². The van der Waals surface area contributed by atoms with Crippen molar-refractivity contribution < 1.29 is 14.0 Å². The van der Waals surface area contributed by atoms with Gasteiger partial charge in [0.1, 0.15) is 5.76 Å². The number of likely N-dealkylation sites (tertiary alicyclic amines) is 1. The third-order valence-electron chi connectivity index (χ3n) is 4.32. The van der Waals surface area contributed by atoms with Crippen molar-refractivity contribution in [2.24, 2.45) is 5.41 Å². The number of piperidine rings is 1. The lowest BCUT2D eigenvalue weighted by atomic mass is 9.77. The Morgan fingerprint density at radius 3 is 2.71 bits per heavy atom. The highest BCUT2D eigenvalue weighted by Gasteiger charge is 2.41. The van der Waals surface area contributed by atoms with Crippen LogP contribution in [0.3, 0.4) is 0 Å². The van der Waals surface area contributed by atoms with E-state index in [-0.39, 0.29) is 17.2 Å². The number of nitrogens with one attached hydrogen (secondary N) is 1. The van der Waals surface area contributed by atoms with Crippen molar-refractivity contribution in [1.29, 1.82) is 0 Å². The first-order valence-electron chi connectivity index (χ1n) is 7.05. The summed E-state index contributed by atoms with van der Waals surface area (Å²) >= 11 is 3.23. The van der Waals surface area contributed by atoms with Gasteiger partial charge in [-0.1, -0.05) is 0 Å². The predicted molar refractivity (Wildman–Crippen MR) is 81.3 cm³/mol. The van der Waals surface area contributed by atoms with E-state index in [9.17, 15) is 9.59 Å². The summed E-state index contributed by atoms with van der Waals surface area (Å²) in [5, 5.41) is 2.90. The Morgan fingerprint density at radius 2 is 2.14 bits per heavy atom. The molecule has 0 saturated carbocycles. The Morgan fingerprint density at radius 1 is 1.38 bits per heavy atom. The molecule has 1 N–H and O–H groups in total. The average molecular weight is 353 g/mol. The topological polar surface area (TPSA) is 62.6 Å². The molecule has 0 radical (unpaired) electrons.